The molecule has 0 saturated carbocycles. The van der Waals surface area contributed by atoms with E-state index in [-0.39, 0.29) is 0 Å². The van der Waals surface area contributed by atoms with E-state index in [9.17, 15) is 0 Å². The highest BCUT2D eigenvalue weighted by atomic mass is 35.5. The standard InChI is InChI=1S/C23H20ClN3S/c1-17-7-9-19(10-8-17)16-28-23-26-25-22(15-18-5-3-2-4-6-18)27(23)21-13-11-20(24)12-14-21/h2-14H,15-16H2,1H3. The normalized spacial score (nSPS) is 10.9. The number of nitrogens with zero attached hydrogens (tertiary/aromatic N) is 3. The van der Waals surface area contributed by atoms with Crippen LogP contribution in [0.15, 0.2) is 84.0 Å². The Hall–Kier alpha value is -2.56. The predicted octanol–water partition coefficient (Wildman–Crippen LogP) is 6.11. The maximum Gasteiger partial charge on any atom is 0.196 e. The summed E-state index contributed by atoms with van der Waals surface area (Å²) >= 11 is 7.78. The van der Waals surface area contributed by atoms with Gasteiger partial charge in [-0.2, -0.15) is 0 Å². The maximum atomic E-state index is 6.09. The van der Waals surface area contributed by atoms with E-state index in [1.165, 1.54) is 16.7 Å². The van der Waals surface area contributed by atoms with Gasteiger partial charge in [0.15, 0.2) is 5.16 Å². The van der Waals surface area contributed by atoms with E-state index in [4.69, 9.17) is 11.6 Å². The third kappa shape index (κ3) is 4.46. The van der Waals surface area contributed by atoms with Gasteiger partial charge in [-0.1, -0.05) is 83.5 Å². The number of aromatic nitrogens is 3. The lowest BCUT2D eigenvalue weighted by molar-refractivity contribution is 0.848. The lowest BCUT2D eigenvalue weighted by atomic mass is 10.1. The van der Waals surface area contributed by atoms with Gasteiger partial charge >= 0.3 is 0 Å². The van der Waals surface area contributed by atoms with Crippen LogP contribution in [0.2, 0.25) is 5.02 Å². The summed E-state index contributed by atoms with van der Waals surface area (Å²) in [4.78, 5) is 0. The number of rotatable bonds is 6. The van der Waals surface area contributed by atoms with Gasteiger partial charge in [-0.25, -0.2) is 0 Å². The molecular formula is C23H20ClN3S. The summed E-state index contributed by atoms with van der Waals surface area (Å²) in [5, 5.41) is 10.6. The van der Waals surface area contributed by atoms with Crippen molar-refractivity contribution in [3.63, 3.8) is 0 Å². The molecule has 0 aliphatic heterocycles. The van der Waals surface area contributed by atoms with Gasteiger partial charge in [0.05, 0.1) is 0 Å². The summed E-state index contributed by atoms with van der Waals surface area (Å²) in [5.74, 6) is 1.76. The molecule has 5 heteroatoms. The molecule has 0 bridgehead atoms. The molecule has 0 unspecified atom stereocenters. The minimum atomic E-state index is 0.718. The minimum Gasteiger partial charge on any atom is -0.274 e. The Morgan fingerprint density at radius 3 is 2.25 bits per heavy atom. The van der Waals surface area contributed by atoms with Crippen molar-refractivity contribution in [3.05, 3.63) is 106 Å². The third-order valence-electron chi connectivity index (χ3n) is 4.48. The molecule has 0 amide bonds. The van der Waals surface area contributed by atoms with Gasteiger partial charge in [0.25, 0.3) is 0 Å². The zero-order chi connectivity index (χ0) is 19.3. The Kier molecular flexibility index (Phi) is 5.79. The highest BCUT2D eigenvalue weighted by Crippen LogP contribution is 2.27. The first-order valence-corrected chi connectivity index (χ1v) is 10.5. The predicted molar refractivity (Wildman–Crippen MR) is 116 cm³/mol. The molecule has 4 aromatic rings. The van der Waals surface area contributed by atoms with E-state index >= 15 is 0 Å². The molecule has 1 heterocycles. The van der Waals surface area contributed by atoms with Crippen LogP contribution in [0.1, 0.15) is 22.5 Å². The van der Waals surface area contributed by atoms with E-state index in [0.29, 0.717) is 0 Å². The molecule has 0 spiro atoms. The Labute approximate surface area is 174 Å². The van der Waals surface area contributed by atoms with Crippen molar-refractivity contribution in [2.45, 2.75) is 24.3 Å². The van der Waals surface area contributed by atoms with Gasteiger partial charge in [0, 0.05) is 22.9 Å². The molecule has 140 valence electrons. The van der Waals surface area contributed by atoms with Crippen LogP contribution in [0.3, 0.4) is 0 Å². The average molecular weight is 406 g/mol. The number of hydrogen-bond acceptors (Lipinski definition) is 3. The molecule has 0 atom stereocenters. The summed E-state index contributed by atoms with van der Waals surface area (Å²) in [6.45, 7) is 2.10. The van der Waals surface area contributed by atoms with Crippen molar-refractivity contribution in [2.75, 3.05) is 0 Å². The van der Waals surface area contributed by atoms with Crippen LogP contribution in [0.4, 0.5) is 0 Å². The van der Waals surface area contributed by atoms with Crippen molar-refractivity contribution < 1.29 is 0 Å². The molecule has 0 aliphatic rings. The zero-order valence-corrected chi connectivity index (χ0v) is 17.1. The van der Waals surface area contributed by atoms with Gasteiger partial charge < -0.3 is 0 Å². The van der Waals surface area contributed by atoms with E-state index < -0.39 is 0 Å². The molecule has 28 heavy (non-hydrogen) atoms. The molecule has 0 saturated heterocycles. The summed E-state index contributed by atoms with van der Waals surface area (Å²) in [7, 11) is 0. The van der Waals surface area contributed by atoms with E-state index in [0.717, 1.165) is 33.9 Å². The van der Waals surface area contributed by atoms with E-state index in [1.54, 1.807) is 11.8 Å². The van der Waals surface area contributed by atoms with Crippen LogP contribution in [-0.4, -0.2) is 14.8 Å². The quantitative estimate of drug-likeness (QED) is 0.362. The smallest absolute Gasteiger partial charge is 0.196 e. The van der Waals surface area contributed by atoms with Crippen molar-refractivity contribution >= 4 is 23.4 Å². The second-order valence-electron chi connectivity index (χ2n) is 6.65. The first-order chi connectivity index (χ1) is 13.7. The van der Waals surface area contributed by atoms with Crippen LogP contribution in [0, 0.1) is 6.92 Å². The van der Waals surface area contributed by atoms with Gasteiger partial charge in [-0.05, 0) is 42.3 Å². The van der Waals surface area contributed by atoms with Crippen molar-refractivity contribution in [1.29, 1.82) is 0 Å². The monoisotopic (exact) mass is 405 g/mol. The molecule has 1 aromatic heterocycles. The Bertz CT molecular complexity index is 1040. The van der Waals surface area contributed by atoms with Gasteiger partial charge in [-0.15, -0.1) is 10.2 Å². The molecular weight excluding hydrogens is 386 g/mol. The summed E-state index contributed by atoms with van der Waals surface area (Å²) in [5.41, 5.74) is 4.76. The van der Waals surface area contributed by atoms with E-state index in [1.807, 2.05) is 42.5 Å². The Morgan fingerprint density at radius 2 is 1.54 bits per heavy atom. The topological polar surface area (TPSA) is 30.7 Å². The highest BCUT2D eigenvalue weighted by Gasteiger charge is 2.15. The second kappa shape index (κ2) is 8.63. The highest BCUT2D eigenvalue weighted by molar-refractivity contribution is 7.98. The fourth-order valence-corrected chi connectivity index (χ4v) is 4.02. The summed E-state index contributed by atoms with van der Waals surface area (Å²) in [6, 6.07) is 26.8. The van der Waals surface area contributed by atoms with Crippen molar-refractivity contribution in [2.24, 2.45) is 0 Å². The fourth-order valence-electron chi connectivity index (χ4n) is 2.97. The minimum absolute atomic E-state index is 0.718. The molecule has 3 aromatic carbocycles. The lowest BCUT2D eigenvalue weighted by Gasteiger charge is -2.11. The second-order valence-corrected chi connectivity index (χ2v) is 8.03. The summed E-state index contributed by atoms with van der Waals surface area (Å²) in [6.07, 6.45) is 0.724. The first-order valence-electron chi connectivity index (χ1n) is 9.11. The zero-order valence-electron chi connectivity index (χ0n) is 15.5. The largest absolute Gasteiger partial charge is 0.274 e. The van der Waals surface area contributed by atoms with Crippen LogP contribution >= 0.6 is 23.4 Å². The first kappa shape index (κ1) is 18.8. The molecule has 0 radical (unpaired) electrons. The van der Waals surface area contributed by atoms with Gasteiger partial charge in [0.2, 0.25) is 0 Å². The number of aryl methyl sites for hydroxylation is 1. The van der Waals surface area contributed by atoms with E-state index in [2.05, 4.69) is 58.1 Å². The van der Waals surface area contributed by atoms with Crippen molar-refractivity contribution in [1.82, 2.24) is 14.8 Å². The van der Waals surface area contributed by atoms with Crippen LogP contribution in [-0.2, 0) is 12.2 Å². The van der Waals surface area contributed by atoms with Crippen molar-refractivity contribution in [3.8, 4) is 5.69 Å². The SMILES string of the molecule is Cc1ccc(CSc2nnc(Cc3ccccc3)n2-c2ccc(Cl)cc2)cc1. The molecule has 3 nitrogen and oxygen atoms in total. The molecule has 4 rings (SSSR count). The molecule has 0 N–H and O–H groups in total. The molecule has 0 aliphatic carbocycles. The maximum absolute atomic E-state index is 6.09. The average Bonchev–Trinajstić information content (AvgIpc) is 3.11. The lowest BCUT2D eigenvalue weighted by Crippen LogP contribution is -2.03. The number of halogens is 1. The molecule has 0 fully saturated rings. The number of hydrogen-bond donors (Lipinski definition) is 0. The Balaban J connectivity index is 1.65. The van der Waals surface area contributed by atoms with Gasteiger partial charge in [-0.3, -0.25) is 4.57 Å². The van der Waals surface area contributed by atoms with Crippen LogP contribution in [0.5, 0.6) is 0 Å². The summed E-state index contributed by atoms with van der Waals surface area (Å²) < 4.78 is 2.13. The van der Waals surface area contributed by atoms with Crippen LogP contribution in [0.25, 0.3) is 5.69 Å². The fraction of sp³-hybridized carbons (Fsp3) is 0.130. The third-order valence-corrected chi connectivity index (χ3v) is 5.73. The van der Waals surface area contributed by atoms with Gasteiger partial charge in [0.1, 0.15) is 5.82 Å². The number of thioether (sulfide) groups is 1. The number of benzene rings is 3. The van der Waals surface area contributed by atoms with Crippen LogP contribution < -0.4 is 0 Å². The Morgan fingerprint density at radius 1 is 0.821 bits per heavy atom.